The number of aryl methyl sites for hydroxylation is 1. The summed E-state index contributed by atoms with van der Waals surface area (Å²) in [6, 6.07) is 15.4. The Labute approximate surface area is 178 Å². The number of nitrogens with zero attached hydrogens (tertiary/aromatic N) is 2. The van der Waals surface area contributed by atoms with Gasteiger partial charge in [-0.1, -0.05) is 18.2 Å². The largest absolute Gasteiger partial charge is 0.507 e. The van der Waals surface area contributed by atoms with Gasteiger partial charge in [-0.05, 0) is 43.3 Å². The summed E-state index contributed by atoms with van der Waals surface area (Å²) in [5, 5.41) is 8.71. The molecule has 1 aromatic heterocycles. The van der Waals surface area contributed by atoms with Gasteiger partial charge in [0.2, 0.25) is 15.9 Å². The zero-order chi connectivity index (χ0) is 22.0. The van der Waals surface area contributed by atoms with Gasteiger partial charge in [0.1, 0.15) is 23.8 Å². The fourth-order valence-corrected chi connectivity index (χ4v) is 4.66. The van der Waals surface area contributed by atoms with E-state index in [1.807, 2.05) is 30.3 Å². The molecule has 0 unspecified atom stereocenters. The first-order valence-corrected chi connectivity index (χ1v) is 10.9. The first-order valence-electron chi connectivity index (χ1n) is 9.50. The van der Waals surface area contributed by atoms with E-state index < -0.39 is 22.4 Å². The van der Waals surface area contributed by atoms with E-state index in [4.69, 9.17) is 14.3 Å². The smallest absolute Gasteiger partial charge is 0.487 e. The molecule has 0 saturated carbocycles. The van der Waals surface area contributed by atoms with Crippen LogP contribution in [0.25, 0.3) is 11.5 Å². The topological polar surface area (TPSA) is 119 Å². The fourth-order valence-electron chi connectivity index (χ4n) is 3.11. The monoisotopic (exact) mass is 444 g/mol. The van der Waals surface area contributed by atoms with Crippen molar-refractivity contribution in [1.82, 2.24) is 9.29 Å². The molecule has 1 aliphatic rings. The molecule has 10 heteroatoms. The molecule has 1 saturated heterocycles. The van der Waals surface area contributed by atoms with Gasteiger partial charge in [0, 0.05) is 18.5 Å². The lowest BCUT2D eigenvalue weighted by molar-refractivity contribution is -0.0490. The van der Waals surface area contributed by atoms with E-state index in [1.54, 1.807) is 6.92 Å². The Bertz CT molecular complexity index is 1170. The lowest BCUT2D eigenvalue weighted by Gasteiger charge is -2.37. The number of benzene rings is 2. The molecule has 3 aromatic rings. The average molecular weight is 444 g/mol. The van der Waals surface area contributed by atoms with E-state index in [1.165, 1.54) is 24.3 Å². The van der Waals surface area contributed by atoms with E-state index in [-0.39, 0.29) is 18.0 Å². The maximum atomic E-state index is 12.7. The number of sulfonamides is 1. The number of hydrogen-bond donors (Lipinski definition) is 1. The molecular weight excluding hydrogens is 424 g/mol. The molecule has 4 rings (SSSR count). The summed E-state index contributed by atoms with van der Waals surface area (Å²) in [6.07, 6.45) is -2.17. The second kappa shape index (κ2) is 8.40. The van der Waals surface area contributed by atoms with Crippen molar-refractivity contribution in [1.29, 1.82) is 0 Å². The lowest BCUT2D eigenvalue weighted by Crippen LogP contribution is -2.52. The maximum Gasteiger partial charge on any atom is 0.507 e. The summed E-state index contributed by atoms with van der Waals surface area (Å²) in [5.41, 5.74) is 1.51. The van der Waals surface area contributed by atoms with Gasteiger partial charge in [-0.2, -0.15) is 4.31 Å². The average Bonchev–Trinajstić information content (AvgIpc) is 3.11. The molecule has 0 spiro atoms. The second-order valence-corrected chi connectivity index (χ2v) is 8.78. The molecular formula is C21H20N2O7S. The third-order valence-electron chi connectivity index (χ3n) is 4.87. The molecule has 0 amide bonds. The molecule has 162 valence electrons. The van der Waals surface area contributed by atoms with Crippen molar-refractivity contribution in [2.75, 3.05) is 6.54 Å². The van der Waals surface area contributed by atoms with Crippen molar-refractivity contribution < 1.29 is 32.2 Å². The van der Waals surface area contributed by atoms with Crippen molar-refractivity contribution in [2.24, 2.45) is 0 Å². The predicted molar refractivity (Wildman–Crippen MR) is 109 cm³/mol. The van der Waals surface area contributed by atoms with Crippen LogP contribution in [-0.2, 0) is 21.4 Å². The molecule has 1 aliphatic heterocycles. The number of rotatable bonds is 7. The van der Waals surface area contributed by atoms with Crippen LogP contribution in [0.1, 0.15) is 17.9 Å². The minimum Gasteiger partial charge on any atom is -0.487 e. The molecule has 2 heterocycles. The number of carboxylic acid groups (broad SMARTS) is 1. The highest BCUT2D eigenvalue weighted by molar-refractivity contribution is 7.89. The van der Waals surface area contributed by atoms with Crippen LogP contribution in [0.5, 0.6) is 5.75 Å². The van der Waals surface area contributed by atoms with Gasteiger partial charge in [-0.15, -0.1) is 0 Å². The van der Waals surface area contributed by atoms with Crippen LogP contribution in [0.3, 0.4) is 0 Å². The fraction of sp³-hybridized carbons (Fsp3) is 0.238. The zero-order valence-electron chi connectivity index (χ0n) is 16.6. The minimum atomic E-state index is -3.85. The third-order valence-corrected chi connectivity index (χ3v) is 6.78. The van der Waals surface area contributed by atoms with Crippen LogP contribution in [0, 0.1) is 6.92 Å². The van der Waals surface area contributed by atoms with Crippen LogP contribution in [0.2, 0.25) is 0 Å². The number of ether oxygens (including phenoxy) is 2. The number of oxazole rings is 1. The van der Waals surface area contributed by atoms with Gasteiger partial charge >= 0.3 is 6.16 Å². The molecule has 0 aliphatic carbocycles. The predicted octanol–water partition coefficient (Wildman–Crippen LogP) is 3.64. The van der Waals surface area contributed by atoms with Crippen molar-refractivity contribution in [3.63, 3.8) is 0 Å². The van der Waals surface area contributed by atoms with E-state index in [2.05, 4.69) is 9.72 Å². The van der Waals surface area contributed by atoms with Gasteiger partial charge < -0.3 is 19.0 Å². The summed E-state index contributed by atoms with van der Waals surface area (Å²) in [6.45, 7) is 2.17. The first kappa shape index (κ1) is 20.9. The van der Waals surface area contributed by atoms with Gasteiger partial charge in [0.05, 0.1) is 4.90 Å². The lowest BCUT2D eigenvalue weighted by atomic mass is 10.2. The standard InChI is InChI=1S/C21H20N2O7S/c1-14-18(22-20(29-14)15-5-3-2-4-6-15)13-28-16-7-9-17(10-8-16)31(26,27)23-12-11-19(23)30-21(24)25/h2-10,19H,11-13H2,1H3,(H,24,25)/t19-/m1/s1. The highest BCUT2D eigenvalue weighted by atomic mass is 32.2. The Morgan fingerprint density at radius 3 is 2.52 bits per heavy atom. The highest BCUT2D eigenvalue weighted by Crippen LogP contribution is 2.29. The summed E-state index contributed by atoms with van der Waals surface area (Å²) < 4.78 is 42.4. The summed E-state index contributed by atoms with van der Waals surface area (Å²) in [5.74, 6) is 1.61. The van der Waals surface area contributed by atoms with Crippen LogP contribution in [0.4, 0.5) is 4.79 Å². The normalized spacial score (nSPS) is 16.5. The molecule has 1 atom stereocenters. The van der Waals surface area contributed by atoms with Crippen molar-refractivity contribution >= 4 is 16.2 Å². The van der Waals surface area contributed by atoms with Gasteiger partial charge in [-0.25, -0.2) is 18.2 Å². The Balaban J connectivity index is 1.42. The van der Waals surface area contributed by atoms with E-state index in [0.717, 1.165) is 9.87 Å². The maximum absolute atomic E-state index is 12.7. The second-order valence-electron chi connectivity index (χ2n) is 6.89. The SMILES string of the molecule is Cc1oc(-c2ccccc2)nc1COc1ccc(S(=O)(=O)N2CC[C@H]2OC(=O)O)cc1. The zero-order valence-corrected chi connectivity index (χ0v) is 17.4. The van der Waals surface area contributed by atoms with Crippen LogP contribution < -0.4 is 4.74 Å². The highest BCUT2D eigenvalue weighted by Gasteiger charge is 2.41. The summed E-state index contributed by atoms with van der Waals surface area (Å²) in [7, 11) is -3.85. The number of carbonyl (C=O) groups is 1. The first-order chi connectivity index (χ1) is 14.8. The molecule has 0 radical (unpaired) electrons. The van der Waals surface area contributed by atoms with Crippen molar-refractivity contribution in [3.8, 4) is 17.2 Å². The third kappa shape index (κ3) is 4.39. The number of hydrogen-bond acceptors (Lipinski definition) is 7. The minimum absolute atomic E-state index is 0.0301. The Morgan fingerprint density at radius 2 is 1.90 bits per heavy atom. The Kier molecular flexibility index (Phi) is 5.66. The van der Waals surface area contributed by atoms with Crippen molar-refractivity contribution in [2.45, 2.75) is 31.1 Å². The summed E-state index contributed by atoms with van der Waals surface area (Å²) in [4.78, 5) is 15.2. The molecule has 1 N–H and O–H groups in total. The van der Waals surface area contributed by atoms with Gasteiger partial charge in [0.25, 0.3) is 0 Å². The summed E-state index contributed by atoms with van der Waals surface area (Å²) >= 11 is 0. The Morgan fingerprint density at radius 1 is 1.19 bits per heavy atom. The van der Waals surface area contributed by atoms with Gasteiger partial charge in [-0.3, -0.25) is 0 Å². The Hall–Kier alpha value is -3.37. The van der Waals surface area contributed by atoms with Crippen LogP contribution >= 0.6 is 0 Å². The van der Waals surface area contributed by atoms with E-state index >= 15 is 0 Å². The van der Waals surface area contributed by atoms with Crippen molar-refractivity contribution in [3.05, 3.63) is 66.1 Å². The van der Waals surface area contributed by atoms with E-state index in [9.17, 15) is 13.2 Å². The van der Waals surface area contributed by atoms with Crippen LogP contribution in [-0.4, -0.2) is 41.7 Å². The van der Waals surface area contributed by atoms with E-state index in [0.29, 0.717) is 29.5 Å². The molecule has 0 bridgehead atoms. The van der Waals surface area contributed by atoms with Gasteiger partial charge in [0.15, 0.2) is 6.23 Å². The quantitative estimate of drug-likeness (QED) is 0.549. The van der Waals surface area contributed by atoms with Crippen LogP contribution in [0.15, 0.2) is 63.9 Å². The molecule has 1 fully saturated rings. The molecule has 9 nitrogen and oxygen atoms in total. The molecule has 31 heavy (non-hydrogen) atoms. The molecule has 2 aromatic carbocycles. The number of aromatic nitrogens is 1.